The number of hydrogen-bond donors (Lipinski definition) is 2. The van der Waals surface area contributed by atoms with Crippen molar-refractivity contribution in [1.29, 1.82) is 0 Å². The molecule has 0 fully saturated rings. The molecule has 34 heavy (non-hydrogen) atoms. The summed E-state index contributed by atoms with van der Waals surface area (Å²) >= 11 is 3.49. The van der Waals surface area contributed by atoms with Gasteiger partial charge in [-0.3, -0.25) is 9.52 Å². The van der Waals surface area contributed by atoms with Crippen LogP contribution in [-0.4, -0.2) is 38.0 Å². The van der Waals surface area contributed by atoms with Gasteiger partial charge in [0.1, 0.15) is 17.9 Å². The highest BCUT2D eigenvalue weighted by molar-refractivity contribution is 9.10. The molecule has 0 bridgehead atoms. The molecule has 0 aliphatic heterocycles. The first-order valence-electron chi connectivity index (χ1n) is 10.4. The molecule has 1 unspecified atom stereocenters. The van der Waals surface area contributed by atoms with Gasteiger partial charge in [0, 0.05) is 11.8 Å². The molecule has 1 heterocycles. The van der Waals surface area contributed by atoms with Gasteiger partial charge in [0.25, 0.3) is 15.9 Å². The van der Waals surface area contributed by atoms with Gasteiger partial charge in [-0.25, -0.2) is 18.4 Å². The number of carbonyl (C=O) groups excluding carboxylic acids is 1. The van der Waals surface area contributed by atoms with Gasteiger partial charge < -0.3 is 14.8 Å². The minimum atomic E-state index is -3.88. The summed E-state index contributed by atoms with van der Waals surface area (Å²) in [5.41, 5.74) is 1.62. The smallest absolute Gasteiger partial charge is 0.263 e. The number of benzene rings is 2. The first-order chi connectivity index (χ1) is 16.2. The predicted molar refractivity (Wildman–Crippen MR) is 133 cm³/mol. The number of halogens is 1. The van der Waals surface area contributed by atoms with Gasteiger partial charge in [-0.1, -0.05) is 19.9 Å². The Bertz CT molecular complexity index is 1250. The molecular formula is C23H25BrN4O5S. The van der Waals surface area contributed by atoms with Crippen LogP contribution < -0.4 is 19.5 Å². The Morgan fingerprint density at radius 3 is 2.50 bits per heavy atom. The average Bonchev–Trinajstić information content (AvgIpc) is 2.83. The van der Waals surface area contributed by atoms with E-state index in [1.54, 1.807) is 0 Å². The van der Waals surface area contributed by atoms with Crippen molar-refractivity contribution < 1.29 is 22.7 Å². The summed E-state index contributed by atoms with van der Waals surface area (Å²) in [6.07, 6.45) is 2.22. The summed E-state index contributed by atoms with van der Waals surface area (Å²) in [5.74, 6) is 0.923. The number of nitrogens with one attached hydrogen (secondary N) is 2. The lowest BCUT2D eigenvalue weighted by Crippen LogP contribution is -2.20. The molecule has 180 valence electrons. The third kappa shape index (κ3) is 6.67. The number of anilines is 2. The zero-order valence-electron chi connectivity index (χ0n) is 18.9. The molecule has 2 N–H and O–H groups in total. The van der Waals surface area contributed by atoms with Gasteiger partial charge in [-0.2, -0.15) is 0 Å². The first-order valence-corrected chi connectivity index (χ1v) is 12.7. The second kappa shape index (κ2) is 11.3. The highest BCUT2D eigenvalue weighted by Crippen LogP contribution is 2.30. The number of sulfonamides is 1. The third-order valence-corrected chi connectivity index (χ3v) is 7.02. The average molecular weight is 549 g/mol. The van der Waals surface area contributed by atoms with Crippen molar-refractivity contribution in [3.8, 4) is 11.6 Å². The molecule has 0 aliphatic carbocycles. The van der Waals surface area contributed by atoms with Crippen molar-refractivity contribution in [3.05, 3.63) is 64.9 Å². The molecule has 0 spiro atoms. The minimum Gasteiger partial charge on any atom is -0.483 e. The van der Waals surface area contributed by atoms with E-state index in [0.717, 1.165) is 10.9 Å². The van der Waals surface area contributed by atoms with Gasteiger partial charge in [-0.15, -0.1) is 0 Å². The number of ether oxygens (including phenoxy) is 2. The molecular weight excluding hydrogens is 524 g/mol. The number of aromatic nitrogens is 2. The maximum Gasteiger partial charge on any atom is 0.263 e. The van der Waals surface area contributed by atoms with Crippen LogP contribution in [0.5, 0.6) is 11.6 Å². The molecule has 0 saturated heterocycles. The number of carbonyl (C=O) groups is 1. The quantitative estimate of drug-likeness (QED) is 0.380. The Labute approximate surface area is 207 Å². The maximum absolute atomic E-state index is 12.6. The Hall–Kier alpha value is -3.18. The molecule has 0 saturated carbocycles. The Morgan fingerprint density at radius 1 is 1.12 bits per heavy atom. The lowest BCUT2D eigenvalue weighted by Gasteiger charge is -2.13. The van der Waals surface area contributed by atoms with Crippen LogP contribution in [0.3, 0.4) is 0 Å². The van der Waals surface area contributed by atoms with Crippen LogP contribution in [0.1, 0.15) is 31.7 Å². The molecule has 1 aromatic heterocycles. The summed E-state index contributed by atoms with van der Waals surface area (Å²) in [7, 11) is -2.47. The summed E-state index contributed by atoms with van der Waals surface area (Å²) in [5, 5.41) is 2.68. The predicted octanol–water partition coefficient (Wildman–Crippen LogP) is 4.58. The number of amides is 1. The molecule has 0 radical (unpaired) electrons. The largest absolute Gasteiger partial charge is 0.483 e. The van der Waals surface area contributed by atoms with Gasteiger partial charge in [0.05, 0.1) is 16.5 Å². The SMILES string of the molecule is CCC(C)c1ccc(OCC(=O)Nc2ccc(S(=O)(=O)Nc3cc(OC)ncn3)cc2)c(Br)c1. The molecule has 0 aliphatic rings. The Balaban J connectivity index is 1.58. The molecule has 1 amide bonds. The molecule has 2 aromatic carbocycles. The van der Waals surface area contributed by atoms with Gasteiger partial charge in [0.15, 0.2) is 6.61 Å². The standard InChI is InChI=1S/C23H25BrN4O5S/c1-4-15(2)16-5-10-20(19(24)11-16)33-13-22(29)27-17-6-8-18(9-7-17)34(30,31)28-21-12-23(32-3)26-14-25-21/h5-12,14-15H,4,13H2,1-3H3,(H,27,29)(H,25,26,28). The van der Waals surface area contributed by atoms with Crippen LogP contribution in [0.4, 0.5) is 11.5 Å². The van der Waals surface area contributed by atoms with Crippen LogP contribution in [0.25, 0.3) is 0 Å². The van der Waals surface area contributed by atoms with Crippen molar-refractivity contribution in [1.82, 2.24) is 9.97 Å². The van der Waals surface area contributed by atoms with Gasteiger partial charge in [-0.05, 0) is 70.2 Å². The normalized spacial score (nSPS) is 12.0. The molecule has 9 nitrogen and oxygen atoms in total. The monoisotopic (exact) mass is 548 g/mol. The lowest BCUT2D eigenvalue weighted by molar-refractivity contribution is -0.118. The van der Waals surface area contributed by atoms with Crippen molar-refractivity contribution in [2.45, 2.75) is 31.1 Å². The van der Waals surface area contributed by atoms with Crippen LogP contribution in [-0.2, 0) is 14.8 Å². The highest BCUT2D eigenvalue weighted by atomic mass is 79.9. The van der Waals surface area contributed by atoms with E-state index in [2.05, 4.69) is 49.8 Å². The number of rotatable bonds is 10. The number of hydrogen-bond acceptors (Lipinski definition) is 7. The van der Waals surface area contributed by atoms with E-state index in [4.69, 9.17) is 9.47 Å². The zero-order valence-corrected chi connectivity index (χ0v) is 21.3. The fourth-order valence-electron chi connectivity index (χ4n) is 2.94. The van der Waals surface area contributed by atoms with Crippen LogP contribution in [0.2, 0.25) is 0 Å². The van der Waals surface area contributed by atoms with Gasteiger partial charge >= 0.3 is 0 Å². The zero-order chi connectivity index (χ0) is 24.7. The van der Waals surface area contributed by atoms with E-state index < -0.39 is 10.0 Å². The fourth-order valence-corrected chi connectivity index (χ4v) is 4.45. The first kappa shape index (κ1) is 25.4. The highest BCUT2D eigenvalue weighted by Gasteiger charge is 2.16. The van der Waals surface area contributed by atoms with Crippen molar-refractivity contribution in [2.75, 3.05) is 23.8 Å². The van der Waals surface area contributed by atoms with E-state index in [-0.39, 0.29) is 29.1 Å². The Morgan fingerprint density at radius 2 is 1.85 bits per heavy atom. The fraction of sp³-hybridized carbons (Fsp3) is 0.261. The molecule has 3 rings (SSSR count). The second-order valence-electron chi connectivity index (χ2n) is 7.41. The van der Waals surface area contributed by atoms with E-state index in [0.29, 0.717) is 17.4 Å². The maximum atomic E-state index is 12.6. The molecule has 11 heteroatoms. The van der Waals surface area contributed by atoms with E-state index >= 15 is 0 Å². The number of nitrogens with zero attached hydrogens (tertiary/aromatic N) is 2. The van der Waals surface area contributed by atoms with Crippen molar-refractivity contribution >= 4 is 43.4 Å². The summed E-state index contributed by atoms with van der Waals surface area (Å²) in [6, 6.07) is 12.9. The van der Waals surface area contributed by atoms with Crippen molar-refractivity contribution in [3.63, 3.8) is 0 Å². The summed E-state index contributed by atoms with van der Waals surface area (Å²) < 4.78 is 38.9. The molecule has 1 atom stereocenters. The van der Waals surface area contributed by atoms with E-state index in [1.807, 2.05) is 18.2 Å². The topological polar surface area (TPSA) is 120 Å². The lowest BCUT2D eigenvalue weighted by atomic mass is 9.99. The van der Waals surface area contributed by atoms with Crippen LogP contribution in [0, 0.1) is 0 Å². The van der Waals surface area contributed by atoms with Crippen LogP contribution in [0.15, 0.2) is 64.2 Å². The van der Waals surface area contributed by atoms with Crippen LogP contribution >= 0.6 is 15.9 Å². The third-order valence-electron chi connectivity index (χ3n) is 5.03. The molecule has 3 aromatic rings. The van der Waals surface area contributed by atoms with E-state index in [9.17, 15) is 13.2 Å². The summed E-state index contributed by atoms with van der Waals surface area (Å²) in [4.78, 5) is 20.0. The van der Waals surface area contributed by atoms with Gasteiger partial charge in [0.2, 0.25) is 5.88 Å². The van der Waals surface area contributed by atoms with E-state index in [1.165, 1.54) is 49.3 Å². The second-order valence-corrected chi connectivity index (χ2v) is 9.95. The summed E-state index contributed by atoms with van der Waals surface area (Å²) in [6.45, 7) is 4.08. The number of methoxy groups -OCH3 is 1. The van der Waals surface area contributed by atoms with Crippen molar-refractivity contribution in [2.24, 2.45) is 0 Å². The Kier molecular flexibility index (Phi) is 8.46. The minimum absolute atomic E-state index is 0.00431.